The Morgan fingerprint density at radius 3 is 2.85 bits per heavy atom. The average molecular weight is 240 g/mol. The predicted octanol–water partition coefficient (Wildman–Crippen LogP) is 3.71. The van der Waals surface area contributed by atoms with E-state index in [1.807, 2.05) is 18.2 Å². The van der Waals surface area contributed by atoms with Crippen LogP contribution < -0.4 is 0 Å². The highest BCUT2D eigenvalue weighted by Gasteiger charge is 2.10. The van der Waals surface area contributed by atoms with Gasteiger partial charge in [-0.15, -0.1) is 0 Å². The van der Waals surface area contributed by atoms with Crippen LogP contribution in [-0.2, 0) is 0 Å². The van der Waals surface area contributed by atoms with E-state index in [1.165, 1.54) is 0 Å². The fraction of sp³-hybridized carbons (Fsp3) is 0.300. The van der Waals surface area contributed by atoms with Gasteiger partial charge in [-0.05, 0) is 24.1 Å². The fourth-order valence-corrected chi connectivity index (χ4v) is 1.69. The van der Waals surface area contributed by atoms with Crippen LogP contribution in [0, 0.1) is 0 Å². The van der Waals surface area contributed by atoms with E-state index < -0.39 is 0 Å². The molecule has 0 saturated heterocycles. The third-order valence-corrected chi connectivity index (χ3v) is 2.50. The van der Waals surface area contributed by atoms with E-state index in [9.17, 15) is 0 Å². The molecule has 68 valence electrons. The van der Waals surface area contributed by atoms with Crippen molar-refractivity contribution in [3.05, 3.63) is 28.4 Å². The van der Waals surface area contributed by atoms with Crippen LogP contribution in [0.3, 0.4) is 0 Å². The van der Waals surface area contributed by atoms with Gasteiger partial charge in [0.25, 0.3) is 0 Å². The molecule has 0 atom stereocenters. The molecule has 0 aliphatic carbocycles. The van der Waals surface area contributed by atoms with E-state index in [0.29, 0.717) is 5.92 Å². The topological polar surface area (TPSA) is 26.0 Å². The zero-order chi connectivity index (χ0) is 9.42. The number of hydrogen-bond donors (Lipinski definition) is 0. The number of benzene rings is 1. The lowest BCUT2D eigenvalue weighted by Crippen LogP contribution is -1.86. The van der Waals surface area contributed by atoms with Crippen molar-refractivity contribution in [2.45, 2.75) is 19.8 Å². The molecular formula is C10H10BrNO. The standard InChI is InChI=1S/C10H10BrNO/c1-6(2)10-8-4-3-7(11)5-9(8)13-12-10/h3-6H,1-2H3. The first-order chi connectivity index (χ1) is 6.18. The van der Waals surface area contributed by atoms with Gasteiger partial charge in [-0.3, -0.25) is 0 Å². The van der Waals surface area contributed by atoms with E-state index in [2.05, 4.69) is 34.9 Å². The van der Waals surface area contributed by atoms with Crippen LogP contribution in [0.1, 0.15) is 25.5 Å². The van der Waals surface area contributed by atoms with Gasteiger partial charge < -0.3 is 4.52 Å². The molecule has 2 aromatic rings. The van der Waals surface area contributed by atoms with E-state index in [0.717, 1.165) is 21.1 Å². The first kappa shape index (κ1) is 8.75. The molecule has 0 aliphatic rings. The number of nitrogens with zero attached hydrogens (tertiary/aromatic N) is 1. The molecule has 3 heteroatoms. The Labute approximate surface area is 85.0 Å². The molecule has 1 aromatic heterocycles. The van der Waals surface area contributed by atoms with Crippen molar-refractivity contribution < 1.29 is 4.52 Å². The molecule has 0 fully saturated rings. The first-order valence-corrected chi connectivity index (χ1v) is 5.02. The van der Waals surface area contributed by atoms with Crippen molar-refractivity contribution in [1.82, 2.24) is 5.16 Å². The van der Waals surface area contributed by atoms with Crippen LogP contribution in [-0.4, -0.2) is 5.16 Å². The number of aromatic nitrogens is 1. The SMILES string of the molecule is CC(C)c1noc2cc(Br)ccc12. The molecule has 0 bridgehead atoms. The Morgan fingerprint density at radius 2 is 2.15 bits per heavy atom. The molecule has 1 aromatic carbocycles. The summed E-state index contributed by atoms with van der Waals surface area (Å²) in [5, 5.41) is 5.15. The fourth-order valence-electron chi connectivity index (χ4n) is 1.35. The summed E-state index contributed by atoms with van der Waals surface area (Å²) in [5.41, 5.74) is 1.88. The monoisotopic (exact) mass is 239 g/mol. The Bertz CT molecular complexity index is 433. The second-order valence-corrected chi connectivity index (χ2v) is 4.28. The highest BCUT2D eigenvalue weighted by molar-refractivity contribution is 9.10. The summed E-state index contributed by atoms with van der Waals surface area (Å²) in [6, 6.07) is 5.98. The first-order valence-electron chi connectivity index (χ1n) is 4.23. The zero-order valence-corrected chi connectivity index (χ0v) is 9.13. The van der Waals surface area contributed by atoms with Gasteiger partial charge in [0, 0.05) is 9.86 Å². The highest BCUT2D eigenvalue weighted by atomic mass is 79.9. The molecule has 1 heterocycles. The lowest BCUT2D eigenvalue weighted by atomic mass is 10.1. The summed E-state index contributed by atoms with van der Waals surface area (Å²) in [7, 11) is 0. The third kappa shape index (κ3) is 1.48. The average Bonchev–Trinajstić information content (AvgIpc) is 2.46. The lowest BCUT2D eigenvalue weighted by molar-refractivity contribution is 0.441. The minimum Gasteiger partial charge on any atom is -0.356 e. The minimum atomic E-state index is 0.405. The number of hydrogen-bond acceptors (Lipinski definition) is 2. The van der Waals surface area contributed by atoms with Crippen LogP contribution in [0.25, 0.3) is 11.0 Å². The van der Waals surface area contributed by atoms with E-state index >= 15 is 0 Å². The van der Waals surface area contributed by atoms with Gasteiger partial charge in [0.15, 0.2) is 5.58 Å². The highest BCUT2D eigenvalue weighted by Crippen LogP contribution is 2.26. The van der Waals surface area contributed by atoms with Crippen LogP contribution >= 0.6 is 15.9 Å². The Kier molecular flexibility index (Phi) is 2.12. The van der Waals surface area contributed by atoms with Gasteiger partial charge in [0.1, 0.15) is 0 Å². The Morgan fingerprint density at radius 1 is 1.38 bits per heavy atom. The summed E-state index contributed by atoms with van der Waals surface area (Å²) in [5.74, 6) is 0.405. The second kappa shape index (κ2) is 3.14. The summed E-state index contributed by atoms with van der Waals surface area (Å²) < 4.78 is 6.23. The molecule has 13 heavy (non-hydrogen) atoms. The molecule has 0 radical (unpaired) electrons. The molecule has 2 nitrogen and oxygen atoms in total. The van der Waals surface area contributed by atoms with Crippen molar-refractivity contribution in [1.29, 1.82) is 0 Å². The van der Waals surface area contributed by atoms with Gasteiger partial charge in [-0.1, -0.05) is 34.9 Å². The molecule has 2 rings (SSSR count). The molecule has 0 amide bonds. The van der Waals surface area contributed by atoms with E-state index in [1.54, 1.807) is 0 Å². The van der Waals surface area contributed by atoms with Crippen molar-refractivity contribution in [3.63, 3.8) is 0 Å². The summed E-state index contributed by atoms with van der Waals surface area (Å²) >= 11 is 3.39. The van der Waals surface area contributed by atoms with Crippen molar-refractivity contribution in [3.8, 4) is 0 Å². The molecule has 0 saturated carbocycles. The number of fused-ring (bicyclic) bond motifs is 1. The summed E-state index contributed by atoms with van der Waals surface area (Å²) in [6.45, 7) is 4.22. The molecule has 0 unspecified atom stereocenters. The second-order valence-electron chi connectivity index (χ2n) is 3.36. The van der Waals surface area contributed by atoms with Crippen LogP contribution in [0.15, 0.2) is 27.2 Å². The smallest absolute Gasteiger partial charge is 0.168 e. The maximum atomic E-state index is 5.21. The van der Waals surface area contributed by atoms with Crippen molar-refractivity contribution >= 4 is 26.9 Å². The predicted molar refractivity (Wildman–Crippen MR) is 55.8 cm³/mol. The van der Waals surface area contributed by atoms with Gasteiger partial charge in [-0.2, -0.15) is 0 Å². The Balaban J connectivity index is 2.69. The van der Waals surface area contributed by atoms with Gasteiger partial charge in [0.2, 0.25) is 0 Å². The van der Waals surface area contributed by atoms with Gasteiger partial charge >= 0.3 is 0 Å². The summed E-state index contributed by atoms with van der Waals surface area (Å²) in [6.07, 6.45) is 0. The summed E-state index contributed by atoms with van der Waals surface area (Å²) in [4.78, 5) is 0. The van der Waals surface area contributed by atoms with Crippen molar-refractivity contribution in [2.24, 2.45) is 0 Å². The molecule has 0 spiro atoms. The molecule has 0 N–H and O–H groups in total. The normalized spacial score (nSPS) is 11.4. The minimum absolute atomic E-state index is 0.405. The molecule has 0 aliphatic heterocycles. The number of rotatable bonds is 1. The number of halogens is 1. The third-order valence-electron chi connectivity index (χ3n) is 2.01. The van der Waals surface area contributed by atoms with Crippen molar-refractivity contribution in [2.75, 3.05) is 0 Å². The lowest BCUT2D eigenvalue weighted by Gasteiger charge is -1.97. The molecular weight excluding hydrogens is 230 g/mol. The quantitative estimate of drug-likeness (QED) is 0.759. The Hall–Kier alpha value is -0.830. The van der Waals surface area contributed by atoms with Gasteiger partial charge in [-0.25, -0.2) is 0 Å². The maximum absolute atomic E-state index is 5.21. The van der Waals surface area contributed by atoms with Crippen LogP contribution in [0.2, 0.25) is 0 Å². The van der Waals surface area contributed by atoms with E-state index in [4.69, 9.17) is 4.52 Å². The maximum Gasteiger partial charge on any atom is 0.168 e. The van der Waals surface area contributed by atoms with Crippen LogP contribution in [0.4, 0.5) is 0 Å². The van der Waals surface area contributed by atoms with Crippen LogP contribution in [0.5, 0.6) is 0 Å². The largest absolute Gasteiger partial charge is 0.356 e. The van der Waals surface area contributed by atoms with E-state index in [-0.39, 0.29) is 0 Å². The zero-order valence-electron chi connectivity index (χ0n) is 7.54. The van der Waals surface area contributed by atoms with Gasteiger partial charge in [0.05, 0.1) is 5.69 Å².